The zero-order valence-electron chi connectivity index (χ0n) is 1.97. The molecule has 0 saturated carbocycles. The van der Waals surface area contributed by atoms with E-state index >= 15 is 0 Å². The zero-order valence-corrected chi connectivity index (χ0v) is 4.78. The molecule has 0 N–H and O–H groups in total. The van der Waals surface area contributed by atoms with Gasteiger partial charge in [-0.1, -0.05) is 0 Å². The predicted molar refractivity (Wildman–Crippen MR) is 7.13 cm³/mol. The van der Waals surface area contributed by atoms with Crippen molar-refractivity contribution < 1.29 is 29.5 Å². The minimum atomic E-state index is 0. The summed E-state index contributed by atoms with van der Waals surface area (Å²) in [5.74, 6) is 0. The van der Waals surface area contributed by atoms with E-state index in [1.807, 2.05) is 0 Å². The third-order valence-corrected chi connectivity index (χ3v) is 0. The minimum absolute atomic E-state index is 0. The molecule has 0 atom stereocenters. The Kier molecular flexibility index (Phi) is 421. The molecule has 2 nitrogen and oxygen atoms in total. The fourth-order valence-electron chi connectivity index (χ4n) is 0. The summed E-state index contributed by atoms with van der Waals surface area (Å²) in [7, 11) is 0. The molecule has 0 rings (SSSR count). The van der Waals surface area contributed by atoms with Crippen molar-refractivity contribution in [2.75, 3.05) is 0 Å². The molecule has 0 aromatic rings. The Bertz CT molecular complexity index is 6.00. The molecule has 1 radical (unpaired) electrons. The van der Waals surface area contributed by atoms with Crippen LogP contribution in [-0.4, -0.2) is 23.1 Å². The normalized spacial score (nSPS) is 0. The van der Waals surface area contributed by atoms with Gasteiger partial charge in [0, 0.05) is 18.6 Å². The van der Waals surface area contributed by atoms with Gasteiger partial charge in [-0.15, -0.1) is 0 Å². The van der Waals surface area contributed by atoms with Crippen LogP contribution in [0.1, 0.15) is 0 Å². The van der Waals surface area contributed by atoms with Gasteiger partial charge in [0.15, 0.2) is 0 Å². The second kappa shape index (κ2) is 28.3. The fraction of sp³-hybridized carbons (Fsp3) is 0. The summed E-state index contributed by atoms with van der Waals surface area (Å²) in [6.45, 7) is 0. The molecule has 0 aliphatic rings. The largest absolute Gasteiger partial charge is 2.00 e. The molecule has 0 aliphatic heterocycles. The number of rotatable bonds is 0. The van der Waals surface area contributed by atoms with E-state index in [0.29, 0.717) is 0 Å². The molecule has 0 aromatic heterocycles. The van der Waals surface area contributed by atoms with Crippen LogP contribution in [0.5, 0.6) is 0 Å². The molecule has 4 heavy (non-hydrogen) atoms. The molecule has 0 bridgehead atoms. The molecule has 0 saturated heterocycles. The van der Waals surface area contributed by atoms with Gasteiger partial charge >= 0.3 is 23.1 Å². The van der Waals surface area contributed by atoms with E-state index in [0.717, 1.165) is 0 Å². The SMILES string of the molecule is [Mg+2].[O-2].[O-2].[V]. The molecular formula is MgO2V-2. The van der Waals surface area contributed by atoms with Gasteiger partial charge in [0.05, 0.1) is 0 Å². The summed E-state index contributed by atoms with van der Waals surface area (Å²) in [6.07, 6.45) is 0. The van der Waals surface area contributed by atoms with E-state index in [4.69, 9.17) is 0 Å². The Hall–Kier alpha value is 1.27. The third kappa shape index (κ3) is 10.4. The molecule has 0 fully saturated rings. The van der Waals surface area contributed by atoms with E-state index < -0.39 is 0 Å². The van der Waals surface area contributed by atoms with Crippen molar-refractivity contribution in [3.8, 4) is 0 Å². The van der Waals surface area contributed by atoms with Crippen LogP contribution in [0.3, 0.4) is 0 Å². The zero-order chi connectivity index (χ0) is 0. The maximum Gasteiger partial charge on any atom is 2.00 e. The van der Waals surface area contributed by atoms with Crippen LogP contribution >= 0.6 is 0 Å². The third-order valence-electron chi connectivity index (χ3n) is 0. The number of hydrogen-bond acceptors (Lipinski definition) is 0. The van der Waals surface area contributed by atoms with Crippen molar-refractivity contribution in [2.24, 2.45) is 0 Å². The van der Waals surface area contributed by atoms with Crippen LogP contribution in [0.4, 0.5) is 0 Å². The summed E-state index contributed by atoms with van der Waals surface area (Å²) >= 11 is 0. The minimum Gasteiger partial charge on any atom is -2.00 e. The van der Waals surface area contributed by atoms with E-state index in [1.54, 1.807) is 0 Å². The predicted octanol–water partition coefficient (Wildman–Crippen LogP) is -0.621. The maximum atomic E-state index is 0. The topological polar surface area (TPSA) is 57.0 Å². The van der Waals surface area contributed by atoms with Gasteiger partial charge < -0.3 is 11.0 Å². The molecule has 4 heteroatoms. The maximum absolute atomic E-state index is 0. The Morgan fingerprint density at radius 3 is 0.750 bits per heavy atom. The molecule has 21 valence electrons. The summed E-state index contributed by atoms with van der Waals surface area (Å²) < 4.78 is 0. The number of hydrogen-bond donors (Lipinski definition) is 0. The smallest absolute Gasteiger partial charge is 2.00 e. The first-order valence-electron chi connectivity index (χ1n) is 0. The van der Waals surface area contributed by atoms with E-state index in [1.165, 1.54) is 0 Å². The molecule has 0 spiro atoms. The molecule has 0 aliphatic carbocycles. The average Bonchev–Trinajstić information content (AvgIpc) is 0. The van der Waals surface area contributed by atoms with Crippen LogP contribution in [-0.2, 0) is 29.5 Å². The van der Waals surface area contributed by atoms with Gasteiger partial charge in [0.25, 0.3) is 0 Å². The molecule has 0 amide bonds. The second-order valence-corrected chi connectivity index (χ2v) is 0. The van der Waals surface area contributed by atoms with Gasteiger partial charge in [-0.2, -0.15) is 0 Å². The Morgan fingerprint density at radius 2 is 0.750 bits per heavy atom. The van der Waals surface area contributed by atoms with Crippen LogP contribution < -0.4 is 0 Å². The van der Waals surface area contributed by atoms with Crippen molar-refractivity contribution in [1.29, 1.82) is 0 Å². The fourth-order valence-corrected chi connectivity index (χ4v) is 0. The Balaban J connectivity index is 0. The first kappa shape index (κ1) is 59.5. The summed E-state index contributed by atoms with van der Waals surface area (Å²) in [4.78, 5) is 0. The van der Waals surface area contributed by atoms with Gasteiger partial charge in [0.2, 0.25) is 0 Å². The average molecular weight is 107 g/mol. The monoisotopic (exact) mass is 107 g/mol. The van der Waals surface area contributed by atoms with Crippen molar-refractivity contribution in [2.45, 2.75) is 0 Å². The molecule has 0 heterocycles. The first-order chi connectivity index (χ1) is 0. The second-order valence-electron chi connectivity index (χ2n) is 0. The van der Waals surface area contributed by atoms with Crippen molar-refractivity contribution in [3.63, 3.8) is 0 Å². The van der Waals surface area contributed by atoms with Crippen molar-refractivity contribution in [1.82, 2.24) is 0 Å². The summed E-state index contributed by atoms with van der Waals surface area (Å²) in [5, 5.41) is 0. The van der Waals surface area contributed by atoms with Crippen molar-refractivity contribution >= 4 is 23.1 Å². The van der Waals surface area contributed by atoms with Crippen LogP contribution in [0.25, 0.3) is 0 Å². The summed E-state index contributed by atoms with van der Waals surface area (Å²) in [5.41, 5.74) is 0. The quantitative estimate of drug-likeness (QED) is 0.370. The molecule has 0 aromatic carbocycles. The van der Waals surface area contributed by atoms with Gasteiger partial charge in [-0.25, -0.2) is 0 Å². The summed E-state index contributed by atoms with van der Waals surface area (Å²) in [6, 6.07) is 0. The molecule has 0 unspecified atom stereocenters. The van der Waals surface area contributed by atoms with Gasteiger partial charge in [0.1, 0.15) is 0 Å². The van der Waals surface area contributed by atoms with Crippen LogP contribution in [0.15, 0.2) is 0 Å². The van der Waals surface area contributed by atoms with E-state index in [-0.39, 0.29) is 52.6 Å². The van der Waals surface area contributed by atoms with E-state index in [9.17, 15) is 0 Å². The molecular weight excluding hydrogens is 107 g/mol. The Morgan fingerprint density at radius 1 is 0.750 bits per heavy atom. The van der Waals surface area contributed by atoms with Gasteiger partial charge in [-0.05, 0) is 0 Å². The van der Waals surface area contributed by atoms with Crippen molar-refractivity contribution in [3.05, 3.63) is 0 Å². The van der Waals surface area contributed by atoms with Crippen LogP contribution in [0, 0.1) is 0 Å². The van der Waals surface area contributed by atoms with E-state index in [2.05, 4.69) is 0 Å². The standard InChI is InChI=1S/Mg.2O.V/q+2;2*-2;. The first-order valence-corrected chi connectivity index (χ1v) is 0. The van der Waals surface area contributed by atoms with Gasteiger partial charge in [-0.3, -0.25) is 0 Å². The van der Waals surface area contributed by atoms with Crippen LogP contribution in [0.2, 0.25) is 0 Å². The Labute approximate surface area is 52.6 Å².